The van der Waals surface area contributed by atoms with Gasteiger partial charge in [-0.25, -0.2) is 0 Å². The van der Waals surface area contributed by atoms with Gasteiger partial charge in [-0.3, -0.25) is 4.79 Å². The fourth-order valence-corrected chi connectivity index (χ4v) is 4.66. The lowest BCUT2D eigenvalue weighted by Crippen LogP contribution is -2.33. The lowest BCUT2D eigenvalue weighted by atomic mass is 9.98. The number of carbonyl (C=O) groups excluding carboxylic acids is 1. The van der Waals surface area contributed by atoms with Crippen molar-refractivity contribution < 1.29 is 4.79 Å². The molecule has 3 unspecified atom stereocenters. The molecule has 150 valence electrons. The molecule has 2 aromatic carbocycles. The Morgan fingerprint density at radius 1 is 1.07 bits per heavy atom. The van der Waals surface area contributed by atoms with Crippen LogP contribution in [0.15, 0.2) is 54.6 Å². The number of nitrogens with two attached hydrogens (primary N) is 1. The number of hydrogen-bond acceptors (Lipinski definition) is 3. The molecule has 1 aliphatic heterocycles. The summed E-state index contributed by atoms with van der Waals surface area (Å²) in [4.78, 5) is 17.2. The summed E-state index contributed by atoms with van der Waals surface area (Å²) in [6.45, 7) is 5.65. The zero-order valence-corrected chi connectivity index (χ0v) is 17.3. The third-order valence-corrected chi connectivity index (χ3v) is 6.28. The molecule has 1 heterocycles. The zero-order valence-electron chi connectivity index (χ0n) is 16.5. The first-order valence-electron chi connectivity index (χ1n) is 10.1. The Labute approximate surface area is 174 Å². The maximum atomic E-state index is 12.9. The molecule has 4 rings (SSSR count). The molecule has 2 aliphatic rings. The first-order valence-corrected chi connectivity index (χ1v) is 10.1. The van der Waals surface area contributed by atoms with Crippen molar-refractivity contribution in [2.24, 2.45) is 17.6 Å². The SMILES string of the molecule is CCN(Cc1ccccc1)c1ccc(C(=O)N2CC3CCC(N)C3C2)cc1.Cl. The first kappa shape index (κ1) is 20.7. The molecule has 1 amide bonds. The van der Waals surface area contributed by atoms with Crippen LogP contribution in [0.4, 0.5) is 5.69 Å². The van der Waals surface area contributed by atoms with E-state index >= 15 is 0 Å². The highest BCUT2D eigenvalue weighted by Gasteiger charge is 2.42. The Bertz CT molecular complexity index is 780. The van der Waals surface area contributed by atoms with E-state index in [2.05, 4.69) is 48.2 Å². The molecular weight excluding hydrogens is 370 g/mol. The standard InChI is InChI=1S/C23H29N3O.ClH/c1-2-25(14-17-6-4-3-5-7-17)20-11-8-18(9-12-20)23(27)26-15-19-10-13-22(24)21(19)16-26;/h3-9,11-12,19,21-22H,2,10,13-16,24H2,1H3;1H. The van der Waals surface area contributed by atoms with Crippen LogP contribution < -0.4 is 10.6 Å². The fourth-order valence-electron chi connectivity index (χ4n) is 4.66. The van der Waals surface area contributed by atoms with Crippen LogP contribution in [0.1, 0.15) is 35.7 Å². The van der Waals surface area contributed by atoms with Gasteiger partial charge in [0.25, 0.3) is 5.91 Å². The van der Waals surface area contributed by atoms with E-state index in [1.807, 2.05) is 23.1 Å². The van der Waals surface area contributed by atoms with E-state index in [1.54, 1.807) is 0 Å². The first-order chi connectivity index (χ1) is 13.2. The number of benzene rings is 2. The summed E-state index contributed by atoms with van der Waals surface area (Å²) < 4.78 is 0. The van der Waals surface area contributed by atoms with Gasteiger partial charge in [-0.1, -0.05) is 30.3 Å². The second-order valence-electron chi connectivity index (χ2n) is 7.92. The Balaban J connectivity index is 0.00000225. The van der Waals surface area contributed by atoms with Crippen LogP contribution in [-0.2, 0) is 6.54 Å². The van der Waals surface area contributed by atoms with E-state index in [0.717, 1.165) is 43.9 Å². The largest absolute Gasteiger partial charge is 0.367 e. The van der Waals surface area contributed by atoms with E-state index in [-0.39, 0.29) is 24.4 Å². The summed E-state index contributed by atoms with van der Waals surface area (Å²) in [7, 11) is 0. The van der Waals surface area contributed by atoms with Gasteiger partial charge in [0.1, 0.15) is 0 Å². The minimum atomic E-state index is 0. The molecule has 0 radical (unpaired) electrons. The summed E-state index contributed by atoms with van der Waals surface area (Å²) in [5, 5.41) is 0. The summed E-state index contributed by atoms with van der Waals surface area (Å²) in [6.07, 6.45) is 2.28. The van der Waals surface area contributed by atoms with Crippen LogP contribution in [0.5, 0.6) is 0 Å². The van der Waals surface area contributed by atoms with Crippen molar-refractivity contribution in [3.63, 3.8) is 0 Å². The molecule has 0 spiro atoms. The zero-order chi connectivity index (χ0) is 18.8. The van der Waals surface area contributed by atoms with Crippen molar-refractivity contribution in [1.82, 2.24) is 4.90 Å². The summed E-state index contributed by atoms with van der Waals surface area (Å²) in [5.41, 5.74) is 9.43. The Morgan fingerprint density at radius 2 is 1.79 bits per heavy atom. The van der Waals surface area contributed by atoms with E-state index in [9.17, 15) is 4.79 Å². The smallest absolute Gasteiger partial charge is 0.253 e. The number of anilines is 1. The summed E-state index contributed by atoms with van der Waals surface area (Å²) >= 11 is 0. The van der Waals surface area contributed by atoms with Gasteiger partial charge in [-0.05, 0) is 61.4 Å². The molecule has 0 aromatic heterocycles. The van der Waals surface area contributed by atoms with Crippen LogP contribution in [0, 0.1) is 11.8 Å². The predicted octanol–water partition coefficient (Wildman–Crippen LogP) is 3.94. The van der Waals surface area contributed by atoms with Gasteiger partial charge in [0.2, 0.25) is 0 Å². The number of likely N-dealkylation sites (tertiary alicyclic amines) is 1. The highest BCUT2D eigenvalue weighted by Crippen LogP contribution is 2.37. The number of carbonyl (C=O) groups is 1. The number of fused-ring (bicyclic) bond motifs is 1. The number of nitrogens with zero attached hydrogens (tertiary/aromatic N) is 2. The molecule has 2 aromatic rings. The van der Waals surface area contributed by atoms with Gasteiger partial charge >= 0.3 is 0 Å². The van der Waals surface area contributed by atoms with E-state index < -0.39 is 0 Å². The lowest BCUT2D eigenvalue weighted by molar-refractivity contribution is 0.0779. The van der Waals surface area contributed by atoms with Gasteiger partial charge in [0.05, 0.1) is 0 Å². The van der Waals surface area contributed by atoms with Gasteiger partial charge in [0.15, 0.2) is 0 Å². The topological polar surface area (TPSA) is 49.6 Å². The predicted molar refractivity (Wildman–Crippen MR) is 117 cm³/mol. The summed E-state index contributed by atoms with van der Waals surface area (Å²) in [5.74, 6) is 1.24. The molecule has 28 heavy (non-hydrogen) atoms. The molecule has 4 nitrogen and oxygen atoms in total. The third-order valence-electron chi connectivity index (χ3n) is 6.28. The van der Waals surface area contributed by atoms with E-state index in [4.69, 9.17) is 5.73 Å². The second kappa shape index (κ2) is 8.97. The van der Waals surface area contributed by atoms with Crippen LogP contribution >= 0.6 is 12.4 Å². The number of halogens is 1. The summed E-state index contributed by atoms with van der Waals surface area (Å²) in [6, 6.07) is 18.8. The number of amides is 1. The minimum absolute atomic E-state index is 0. The van der Waals surface area contributed by atoms with Gasteiger partial charge < -0.3 is 15.5 Å². The average Bonchev–Trinajstić information content (AvgIpc) is 3.29. The molecular formula is C23H30ClN3O. The van der Waals surface area contributed by atoms with Crippen LogP contribution in [0.3, 0.4) is 0 Å². The Hall–Kier alpha value is -2.04. The van der Waals surface area contributed by atoms with Crippen LogP contribution in [0.25, 0.3) is 0 Å². The van der Waals surface area contributed by atoms with Crippen LogP contribution in [0.2, 0.25) is 0 Å². The Kier molecular flexibility index (Phi) is 6.63. The van der Waals surface area contributed by atoms with Crippen molar-refractivity contribution in [2.45, 2.75) is 32.4 Å². The molecule has 0 bridgehead atoms. The van der Waals surface area contributed by atoms with E-state index in [1.165, 1.54) is 12.0 Å². The minimum Gasteiger partial charge on any atom is -0.367 e. The average molecular weight is 400 g/mol. The third kappa shape index (κ3) is 4.18. The normalized spacial score (nSPS) is 23.2. The Morgan fingerprint density at radius 3 is 2.43 bits per heavy atom. The quantitative estimate of drug-likeness (QED) is 0.828. The van der Waals surface area contributed by atoms with E-state index in [0.29, 0.717) is 11.8 Å². The van der Waals surface area contributed by atoms with Gasteiger partial charge in [0, 0.05) is 43.5 Å². The fraction of sp³-hybridized carbons (Fsp3) is 0.435. The number of hydrogen-bond donors (Lipinski definition) is 1. The van der Waals surface area contributed by atoms with Crippen molar-refractivity contribution in [3.05, 3.63) is 65.7 Å². The van der Waals surface area contributed by atoms with Crippen molar-refractivity contribution in [3.8, 4) is 0 Å². The number of rotatable bonds is 5. The molecule has 2 N–H and O–H groups in total. The molecule has 1 aliphatic carbocycles. The van der Waals surface area contributed by atoms with Crippen molar-refractivity contribution in [2.75, 3.05) is 24.5 Å². The monoisotopic (exact) mass is 399 g/mol. The molecule has 3 atom stereocenters. The maximum absolute atomic E-state index is 12.9. The van der Waals surface area contributed by atoms with Crippen LogP contribution in [-0.4, -0.2) is 36.5 Å². The lowest BCUT2D eigenvalue weighted by Gasteiger charge is -2.24. The molecule has 1 saturated carbocycles. The van der Waals surface area contributed by atoms with Gasteiger partial charge in [-0.2, -0.15) is 0 Å². The highest BCUT2D eigenvalue weighted by atomic mass is 35.5. The van der Waals surface area contributed by atoms with Gasteiger partial charge in [-0.15, -0.1) is 12.4 Å². The van der Waals surface area contributed by atoms with Crippen molar-refractivity contribution in [1.29, 1.82) is 0 Å². The van der Waals surface area contributed by atoms with Crippen molar-refractivity contribution >= 4 is 24.0 Å². The molecule has 2 fully saturated rings. The molecule has 5 heteroatoms. The highest BCUT2D eigenvalue weighted by molar-refractivity contribution is 5.94. The molecule has 1 saturated heterocycles. The maximum Gasteiger partial charge on any atom is 0.253 e. The second-order valence-corrected chi connectivity index (χ2v) is 7.92.